The summed E-state index contributed by atoms with van der Waals surface area (Å²) in [4.78, 5) is 24.8. The first-order chi connectivity index (χ1) is 10.6. The van der Waals surface area contributed by atoms with E-state index in [-0.39, 0.29) is 18.7 Å². The number of aromatic nitrogens is 1. The Hall–Kier alpha value is -2.70. The molecule has 1 aromatic carbocycles. The molecule has 0 unspecified atom stereocenters. The van der Waals surface area contributed by atoms with Crippen LogP contribution in [0, 0.1) is 0 Å². The first kappa shape index (κ1) is 14.2. The summed E-state index contributed by atoms with van der Waals surface area (Å²) in [6.07, 6.45) is -1.35. The summed E-state index contributed by atoms with van der Waals surface area (Å²) in [7, 11) is 0. The van der Waals surface area contributed by atoms with Crippen LogP contribution in [0.2, 0.25) is 0 Å². The number of alkyl halides is 1. The normalized spacial score (nSPS) is 21.0. The molecule has 2 atom stereocenters. The van der Waals surface area contributed by atoms with Crippen LogP contribution in [0.25, 0.3) is 11.3 Å². The van der Waals surface area contributed by atoms with Crippen molar-refractivity contribution >= 4 is 11.8 Å². The van der Waals surface area contributed by atoms with E-state index in [2.05, 4.69) is 5.16 Å². The largest absolute Gasteiger partial charge is 0.368 e. The number of carbonyl (C=O) groups is 2. The second-order valence-corrected chi connectivity index (χ2v) is 5.15. The number of likely N-dealkylation sites (tertiary alicyclic amines) is 1. The number of carbonyl (C=O) groups excluding carboxylic acids is 2. The van der Waals surface area contributed by atoms with E-state index in [0.29, 0.717) is 5.69 Å². The molecule has 0 bridgehead atoms. The number of nitrogens with zero attached hydrogens (tertiary/aromatic N) is 2. The third kappa shape index (κ3) is 2.57. The fourth-order valence-electron chi connectivity index (χ4n) is 2.54. The van der Waals surface area contributed by atoms with E-state index in [9.17, 15) is 14.0 Å². The summed E-state index contributed by atoms with van der Waals surface area (Å²) in [5.74, 6) is -1.35. The highest BCUT2D eigenvalue weighted by Gasteiger charge is 2.40. The van der Waals surface area contributed by atoms with Gasteiger partial charge < -0.3 is 15.2 Å². The van der Waals surface area contributed by atoms with Crippen LogP contribution >= 0.6 is 0 Å². The van der Waals surface area contributed by atoms with Crippen LogP contribution in [0.5, 0.6) is 0 Å². The van der Waals surface area contributed by atoms with E-state index in [1.54, 1.807) is 0 Å². The van der Waals surface area contributed by atoms with Gasteiger partial charge in [0.1, 0.15) is 17.9 Å². The van der Waals surface area contributed by atoms with Gasteiger partial charge in [0.05, 0.1) is 6.54 Å². The van der Waals surface area contributed by atoms with Crippen LogP contribution in [-0.4, -0.2) is 40.6 Å². The molecule has 1 fully saturated rings. The van der Waals surface area contributed by atoms with E-state index in [4.69, 9.17) is 10.3 Å². The second-order valence-electron chi connectivity index (χ2n) is 5.15. The van der Waals surface area contributed by atoms with Crippen LogP contribution in [0.1, 0.15) is 17.0 Å². The predicted octanol–water partition coefficient (Wildman–Crippen LogP) is 1.38. The summed E-state index contributed by atoms with van der Waals surface area (Å²) < 4.78 is 18.5. The molecule has 114 valence electrons. The van der Waals surface area contributed by atoms with Crippen molar-refractivity contribution < 1.29 is 18.5 Å². The summed E-state index contributed by atoms with van der Waals surface area (Å²) >= 11 is 0. The average molecular weight is 303 g/mol. The van der Waals surface area contributed by atoms with Gasteiger partial charge in [-0.2, -0.15) is 0 Å². The highest BCUT2D eigenvalue weighted by molar-refractivity contribution is 5.96. The maximum atomic E-state index is 13.5. The lowest BCUT2D eigenvalue weighted by Gasteiger charge is -2.19. The van der Waals surface area contributed by atoms with E-state index < -0.39 is 24.0 Å². The second kappa shape index (κ2) is 5.59. The highest BCUT2D eigenvalue weighted by atomic mass is 19.1. The van der Waals surface area contributed by atoms with E-state index in [1.807, 2.05) is 30.3 Å². The van der Waals surface area contributed by atoms with Gasteiger partial charge in [0, 0.05) is 18.1 Å². The maximum absolute atomic E-state index is 13.5. The predicted molar refractivity (Wildman–Crippen MR) is 75.5 cm³/mol. The van der Waals surface area contributed by atoms with Gasteiger partial charge >= 0.3 is 0 Å². The third-order valence-electron chi connectivity index (χ3n) is 3.63. The van der Waals surface area contributed by atoms with Crippen molar-refractivity contribution in [2.24, 2.45) is 5.73 Å². The Morgan fingerprint density at radius 2 is 2.05 bits per heavy atom. The number of amides is 2. The van der Waals surface area contributed by atoms with E-state index in [1.165, 1.54) is 6.07 Å². The number of halogens is 1. The number of benzene rings is 1. The first-order valence-electron chi connectivity index (χ1n) is 6.82. The molecule has 6 nitrogen and oxygen atoms in total. The molecule has 3 rings (SSSR count). The minimum Gasteiger partial charge on any atom is -0.368 e. The highest BCUT2D eigenvalue weighted by Crippen LogP contribution is 2.25. The summed E-state index contributed by atoms with van der Waals surface area (Å²) in [5, 5.41) is 3.84. The van der Waals surface area contributed by atoms with Gasteiger partial charge in [-0.3, -0.25) is 9.59 Å². The molecule has 2 N–H and O–H groups in total. The van der Waals surface area contributed by atoms with Gasteiger partial charge in [0.25, 0.3) is 5.91 Å². The molecular formula is C15H14FN3O3. The number of hydrogen-bond donors (Lipinski definition) is 1. The lowest BCUT2D eigenvalue weighted by atomic mass is 10.1. The lowest BCUT2D eigenvalue weighted by Crippen LogP contribution is -2.43. The standard InChI is InChI=1S/C15H14FN3O3/c16-10-6-12(14(17)20)19(8-10)15(21)13-7-11(18-22-13)9-4-2-1-3-5-9/h1-5,7,10,12H,6,8H2,(H2,17,20)/t10-,12+/m1/s1. The molecule has 22 heavy (non-hydrogen) atoms. The molecule has 1 saturated heterocycles. The number of hydrogen-bond acceptors (Lipinski definition) is 4. The molecular weight excluding hydrogens is 289 g/mol. The molecule has 2 aromatic rings. The minimum absolute atomic E-state index is 0.0424. The molecule has 1 aromatic heterocycles. The van der Waals surface area contributed by atoms with Crippen LogP contribution < -0.4 is 5.73 Å². The number of rotatable bonds is 3. The van der Waals surface area contributed by atoms with Gasteiger partial charge in [-0.1, -0.05) is 35.5 Å². The maximum Gasteiger partial charge on any atom is 0.293 e. The average Bonchev–Trinajstić information content (AvgIpc) is 3.14. The zero-order valence-electron chi connectivity index (χ0n) is 11.6. The van der Waals surface area contributed by atoms with Gasteiger partial charge in [0.15, 0.2) is 0 Å². The summed E-state index contributed by atoms with van der Waals surface area (Å²) in [5.41, 5.74) is 6.51. The molecule has 2 heterocycles. The van der Waals surface area contributed by atoms with Crippen molar-refractivity contribution in [2.45, 2.75) is 18.6 Å². The smallest absolute Gasteiger partial charge is 0.293 e. The summed E-state index contributed by atoms with van der Waals surface area (Å²) in [6, 6.07) is 9.70. The molecule has 1 aliphatic heterocycles. The van der Waals surface area contributed by atoms with Crippen molar-refractivity contribution in [2.75, 3.05) is 6.54 Å². The Kier molecular flexibility index (Phi) is 3.62. The van der Waals surface area contributed by atoms with Crippen molar-refractivity contribution in [3.63, 3.8) is 0 Å². The Bertz CT molecular complexity index is 701. The quantitative estimate of drug-likeness (QED) is 0.927. The molecule has 0 aliphatic carbocycles. The first-order valence-corrected chi connectivity index (χ1v) is 6.82. The Balaban J connectivity index is 1.84. The van der Waals surface area contributed by atoms with Crippen molar-refractivity contribution in [1.29, 1.82) is 0 Å². The monoisotopic (exact) mass is 303 g/mol. The number of nitrogens with two attached hydrogens (primary N) is 1. The van der Waals surface area contributed by atoms with Gasteiger partial charge in [-0.15, -0.1) is 0 Å². The van der Waals surface area contributed by atoms with Crippen LogP contribution in [0.15, 0.2) is 40.9 Å². The zero-order chi connectivity index (χ0) is 15.7. The SMILES string of the molecule is NC(=O)[C@@H]1C[C@@H](F)CN1C(=O)c1cc(-c2ccccc2)no1. The van der Waals surface area contributed by atoms with E-state index >= 15 is 0 Å². The topological polar surface area (TPSA) is 89.4 Å². The van der Waals surface area contributed by atoms with Crippen molar-refractivity contribution in [1.82, 2.24) is 10.1 Å². The lowest BCUT2D eigenvalue weighted by molar-refractivity contribution is -0.121. The Morgan fingerprint density at radius 3 is 2.73 bits per heavy atom. The van der Waals surface area contributed by atoms with Gasteiger partial charge in [0.2, 0.25) is 11.7 Å². The fraction of sp³-hybridized carbons (Fsp3) is 0.267. The Morgan fingerprint density at radius 1 is 1.32 bits per heavy atom. The van der Waals surface area contributed by atoms with Crippen LogP contribution in [-0.2, 0) is 4.79 Å². The molecule has 0 saturated carbocycles. The summed E-state index contributed by atoms with van der Waals surface area (Å²) in [6.45, 7) is -0.173. The van der Waals surface area contributed by atoms with Gasteiger partial charge in [-0.25, -0.2) is 4.39 Å². The molecule has 0 spiro atoms. The fourth-order valence-corrected chi connectivity index (χ4v) is 2.54. The van der Waals surface area contributed by atoms with Crippen molar-refractivity contribution in [3.05, 3.63) is 42.2 Å². The zero-order valence-corrected chi connectivity index (χ0v) is 11.6. The molecule has 7 heteroatoms. The van der Waals surface area contributed by atoms with Crippen LogP contribution in [0.4, 0.5) is 4.39 Å². The molecule has 2 amide bonds. The molecule has 1 aliphatic rings. The van der Waals surface area contributed by atoms with Crippen molar-refractivity contribution in [3.8, 4) is 11.3 Å². The number of primary amides is 1. The van der Waals surface area contributed by atoms with Gasteiger partial charge in [-0.05, 0) is 0 Å². The molecule has 0 radical (unpaired) electrons. The Labute approximate surface area is 125 Å². The third-order valence-corrected chi connectivity index (χ3v) is 3.63. The van der Waals surface area contributed by atoms with E-state index in [0.717, 1.165) is 10.5 Å². The minimum atomic E-state index is -1.27. The van der Waals surface area contributed by atoms with Crippen LogP contribution in [0.3, 0.4) is 0 Å².